The average molecular weight is 363 g/mol. The molecule has 0 aromatic heterocycles. The maximum atomic E-state index is 9.57. The van der Waals surface area contributed by atoms with Crippen LogP contribution in [0.15, 0.2) is 18.2 Å². The normalized spacial score (nSPS) is 23.1. The first-order valence-corrected chi connectivity index (χ1v) is 10.0. The Hall–Kier alpha value is -1.30. The molecule has 0 spiro atoms. The zero-order chi connectivity index (χ0) is 18.4. The van der Waals surface area contributed by atoms with Crippen LogP contribution < -0.4 is 9.47 Å². The average Bonchev–Trinajstić information content (AvgIpc) is 2.69. The third-order valence-electron chi connectivity index (χ3n) is 5.94. The lowest BCUT2D eigenvalue weighted by atomic mass is 9.91. The van der Waals surface area contributed by atoms with Crippen LogP contribution in [0, 0.1) is 0 Å². The van der Waals surface area contributed by atoms with Gasteiger partial charge in [-0.25, -0.2) is 0 Å². The highest BCUT2D eigenvalue weighted by Gasteiger charge is 2.32. The fourth-order valence-corrected chi connectivity index (χ4v) is 4.59. The third kappa shape index (κ3) is 4.90. The molecule has 0 radical (unpaired) electrons. The van der Waals surface area contributed by atoms with Crippen molar-refractivity contribution in [2.75, 3.05) is 40.5 Å². The number of rotatable bonds is 7. The number of hydrogen-bond donors (Lipinski definition) is 1. The van der Waals surface area contributed by atoms with Crippen LogP contribution in [0.3, 0.4) is 0 Å². The summed E-state index contributed by atoms with van der Waals surface area (Å²) in [5.41, 5.74) is 1.22. The highest BCUT2D eigenvalue weighted by atomic mass is 16.5. The summed E-state index contributed by atoms with van der Waals surface area (Å²) in [5, 5.41) is 9.57. The van der Waals surface area contributed by atoms with Crippen LogP contribution in [0.1, 0.15) is 44.1 Å². The van der Waals surface area contributed by atoms with Gasteiger partial charge in [0.2, 0.25) is 0 Å². The first-order chi connectivity index (χ1) is 12.7. The molecule has 0 bridgehead atoms. The number of piperazine rings is 1. The minimum Gasteiger partial charge on any atom is -0.497 e. The Balaban J connectivity index is 1.65. The van der Waals surface area contributed by atoms with Crippen molar-refractivity contribution in [2.24, 2.45) is 0 Å². The van der Waals surface area contributed by atoms with Crippen molar-refractivity contribution >= 4 is 0 Å². The molecule has 1 aliphatic heterocycles. The summed E-state index contributed by atoms with van der Waals surface area (Å²) in [5.74, 6) is 1.68. The molecule has 3 rings (SSSR count). The van der Waals surface area contributed by atoms with Crippen molar-refractivity contribution in [1.29, 1.82) is 0 Å². The van der Waals surface area contributed by atoms with Gasteiger partial charge >= 0.3 is 0 Å². The lowest BCUT2D eigenvalue weighted by Gasteiger charge is -2.46. The summed E-state index contributed by atoms with van der Waals surface area (Å²) in [4.78, 5) is 5.20. The lowest BCUT2D eigenvalue weighted by molar-refractivity contribution is 0.0136. The fraction of sp³-hybridized carbons (Fsp3) is 0.714. The Kier molecular flexibility index (Phi) is 7.17. The largest absolute Gasteiger partial charge is 0.497 e. The monoisotopic (exact) mass is 362 g/mol. The van der Waals surface area contributed by atoms with Gasteiger partial charge in [-0.15, -0.1) is 0 Å². The molecule has 5 heteroatoms. The summed E-state index contributed by atoms with van der Waals surface area (Å²) < 4.78 is 10.8. The Labute approximate surface area is 157 Å². The van der Waals surface area contributed by atoms with Crippen molar-refractivity contribution < 1.29 is 14.6 Å². The zero-order valence-electron chi connectivity index (χ0n) is 16.3. The van der Waals surface area contributed by atoms with Crippen LogP contribution in [0.4, 0.5) is 0 Å². The Morgan fingerprint density at radius 3 is 2.31 bits per heavy atom. The number of aliphatic hydroxyl groups excluding tert-OH is 1. The van der Waals surface area contributed by atoms with Gasteiger partial charge < -0.3 is 14.6 Å². The van der Waals surface area contributed by atoms with Gasteiger partial charge in [0.25, 0.3) is 0 Å². The Bertz CT molecular complexity index is 538. The highest BCUT2D eigenvalue weighted by molar-refractivity contribution is 5.38. The second-order valence-corrected chi connectivity index (χ2v) is 7.65. The molecule has 1 saturated carbocycles. The first-order valence-electron chi connectivity index (χ1n) is 10.0. The summed E-state index contributed by atoms with van der Waals surface area (Å²) >= 11 is 0. The van der Waals surface area contributed by atoms with E-state index in [0.717, 1.165) is 50.1 Å². The number of methoxy groups -OCH3 is 2. The minimum absolute atomic E-state index is 0.273. The Morgan fingerprint density at radius 2 is 1.69 bits per heavy atom. The molecular formula is C21H34N2O3. The van der Waals surface area contributed by atoms with E-state index in [1.807, 2.05) is 6.07 Å². The van der Waals surface area contributed by atoms with E-state index < -0.39 is 0 Å². The molecule has 1 saturated heterocycles. The number of benzene rings is 1. The smallest absolute Gasteiger partial charge is 0.122 e. The van der Waals surface area contributed by atoms with E-state index in [9.17, 15) is 5.11 Å². The van der Waals surface area contributed by atoms with E-state index in [1.54, 1.807) is 14.2 Å². The van der Waals surface area contributed by atoms with Crippen molar-refractivity contribution in [3.63, 3.8) is 0 Å². The topological polar surface area (TPSA) is 45.2 Å². The number of nitrogens with zero attached hydrogens (tertiary/aromatic N) is 2. The predicted octanol–water partition coefficient (Wildman–Crippen LogP) is 2.91. The molecular weight excluding hydrogens is 328 g/mol. The molecule has 146 valence electrons. The maximum Gasteiger partial charge on any atom is 0.122 e. The van der Waals surface area contributed by atoms with Gasteiger partial charge in [-0.1, -0.05) is 19.3 Å². The van der Waals surface area contributed by atoms with E-state index in [-0.39, 0.29) is 6.61 Å². The summed E-state index contributed by atoms with van der Waals surface area (Å²) in [6.07, 6.45) is 7.64. The van der Waals surface area contributed by atoms with Gasteiger partial charge in [0, 0.05) is 50.9 Å². The fourth-order valence-electron chi connectivity index (χ4n) is 4.59. The second kappa shape index (κ2) is 9.58. The first kappa shape index (κ1) is 19.5. The maximum absolute atomic E-state index is 9.57. The summed E-state index contributed by atoms with van der Waals surface area (Å²) in [6.45, 7) is 4.38. The highest BCUT2D eigenvalue weighted by Crippen LogP contribution is 2.28. The van der Waals surface area contributed by atoms with E-state index in [1.165, 1.54) is 37.7 Å². The van der Waals surface area contributed by atoms with Crippen LogP contribution >= 0.6 is 0 Å². The second-order valence-electron chi connectivity index (χ2n) is 7.65. The summed E-state index contributed by atoms with van der Waals surface area (Å²) in [6, 6.07) is 7.29. The lowest BCUT2D eigenvalue weighted by Crippen LogP contribution is -2.56. The van der Waals surface area contributed by atoms with Crippen LogP contribution in [-0.4, -0.2) is 67.5 Å². The molecule has 1 aromatic rings. The van der Waals surface area contributed by atoms with Crippen molar-refractivity contribution in [3.8, 4) is 11.5 Å². The standard InChI is InChI=1S/C21H34N2O3/c1-25-20-12-17(13-21(14-20)26-2)15-22-9-10-23(19(16-22)8-11-24)18-6-4-3-5-7-18/h12-14,18-19,24H,3-11,15-16H2,1-2H3/t19-/m1/s1. The molecule has 0 unspecified atom stereocenters. The molecule has 1 aromatic carbocycles. The molecule has 0 amide bonds. The molecule has 1 N–H and O–H groups in total. The van der Waals surface area contributed by atoms with E-state index in [0.29, 0.717) is 6.04 Å². The van der Waals surface area contributed by atoms with Gasteiger partial charge in [0.1, 0.15) is 11.5 Å². The van der Waals surface area contributed by atoms with Gasteiger partial charge in [0.15, 0.2) is 0 Å². The molecule has 1 atom stereocenters. The minimum atomic E-state index is 0.273. The van der Waals surface area contributed by atoms with Crippen LogP contribution in [0.25, 0.3) is 0 Å². The quantitative estimate of drug-likeness (QED) is 0.808. The predicted molar refractivity (Wildman–Crippen MR) is 104 cm³/mol. The van der Waals surface area contributed by atoms with E-state index >= 15 is 0 Å². The van der Waals surface area contributed by atoms with Crippen molar-refractivity contribution in [2.45, 2.75) is 57.2 Å². The zero-order valence-corrected chi connectivity index (χ0v) is 16.3. The number of hydrogen-bond acceptors (Lipinski definition) is 5. The van der Waals surface area contributed by atoms with Gasteiger partial charge in [-0.3, -0.25) is 9.80 Å². The van der Waals surface area contributed by atoms with Crippen molar-refractivity contribution in [3.05, 3.63) is 23.8 Å². The van der Waals surface area contributed by atoms with Crippen molar-refractivity contribution in [1.82, 2.24) is 9.80 Å². The van der Waals surface area contributed by atoms with Gasteiger partial charge in [-0.05, 0) is 37.0 Å². The van der Waals surface area contributed by atoms with E-state index in [4.69, 9.17) is 9.47 Å². The molecule has 26 heavy (non-hydrogen) atoms. The van der Waals surface area contributed by atoms with Gasteiger partial charge in [-0.2, -0.15) is 0 Å². The molecule has 5 nitrogen and oxygen atoms in total. The molecule has 2 aliphatic rings. The number of ether oxygens (including phenoxy) is 2. The molecule has 1 aliphatic carbocycles. The Morgan fingerprint density at radius 1 is 1.00 bits per heavy atom. The van der Waals surface area contributed by atoms with Crippen LogP contribution in [0.5, 0.6) is 11.5 Å². The molecule has 2 fully saturated rings. The summed E-state index contributed by atoms with van der Waals surface area (Å²) in [7, 11) is 3.39. The van der Waals surface area contributed by atoms with Crippen LogP contribution in [-0.2, 0) is 6.54 Å². The van der Waals surface area contributed by atoms with Crippen LogP contribution in [0.2, 0.25) is 0 Å². The third-order valence-corrected chi connectivity index (χ3v) is 5.94. The number of aliphatic hydroxyl groups is 1. The van der Waals surface area contributed by atoms with Gasteiger partial charge in [0.05, 0.1) is 14.2 Å². The SMILES string of the molecule is COc1cc(CN2CCN(C3CCCCC3)[C@H](CCO)C2)cc(OC)c1. The molecule has 1 heterocycles. The van der Waals surface area contributed by atoms with E-state index in [2.05, 4.69) is 21.9 Å².